The third kappa shape index (κ3) is 9.22. The molecule has 10 heterocycles. The summed E-state index contributed by atoms with van der Waals surface area (Å²) in [5, 5.41) is 35.3. The summed E-state index contributed by atoms with van der Waals surface area (Å²) in [6.45, 7) is 7.26. The van der Waals surface area contributed by atoms with Crippen molar-refractivity contribution in [1.29, 1.82) is 0 Å². The number of piperazine rings is 1. The smallest absolute Gasteiger partial charge is 0.358 e. The lowest BCUT2D eigenvalue weighted by Crippen LogP contribution is -2.72. The summed E-state index contributed by atoms with van der Waals surface area (Å²) in [7, 11) is 1.90. The number of rotatable bonds is 11. The zero-order valence-electron chi connectivity index (χ0n) is 44.6. The van der Waals surface area contributed by atoms with Crippen LogP contribution >= 0.6 is 22.9 Å². The molecule has 1 unspecified atom stereocenters. The second-order valence-electron chi connectivity index (χ2n) is 21.6. The summed E-state index contributed by atoms with van der Waals surface area (Å²) in [4.78, 5) is 94.9. The molecule has 0 aliphatic carbocycles. The van der Waals surface area contributed by atoms with E-state index in [-0.39, 0.29) is 59.2 Å². The number of fused-ring (bicyclic) bond motifs is 5. The molecular formula is C56H59ClFN14O7S+. The third-order valence-electron chi connectivity index (χ3n) is 16.9. The van der Waals surface area contributed by atoms with Crippen LogP contribution < -0.4 is 15.2 Å². The molecule has 4 aromatic heterocycles. The van der Waals surface area contributed by atoms with Crippen molar-refractivity contribution in [2.75, 3.05) is 66.0 Å². The van der Waals surface area contributed by atoms with E-state index in [1.54, 1.807) is 39.1 Å². The molecule has 13 rings (SSSR count). The minimum atomic E-state index is -1.21. The molecule has 4 bridgehead atoms. The Morgan fingerprint density at radius 2 is 1.61 bits per heavy atom. The van der Waals surface area contributed by atoms with Crippen molar-refractivity contribution in [2.45, 2.75) is 77.4 Å². The Kier molecular flexibility index (Phi) is 13.7. The fourth-order valence-corrected chi connectivity index (χ4v) is 13.8. The van der Waals surface area contributed by atoms with Crippen LogP contribution in [0.4, 0.5) is 4.39 Å². The van der Waals surface area contributed by atoms with E-state index in [1.807, 2.05) is 69.6 Å². The molecule has 6 aliphatic rings. The monoisotopic (exact) mass is 1130 g/mol. The van der Waals surface area contributed by atoms with Gasteiger partial charge in [-0.3, -0.25) is 43.1 Å². The Hall–Kier alpha value is -7.73. The quantitative estimate of drug-likeness (QED) is 0.146. The number of hydrogen-bond acceptors (Lipinski definition) is 13. The first kappa shape index (κ1) is 52.9. The van der Waals surface area contributed by atoms with Gasteiger partial charge in [-0.15, -0.1) is 31.2 Å². The lowest BCUT2D eigenvalue weighted by atomic mass is 9.88. The molecule has 0 spiro atoms. The summed E-state index contributed by atoms with van der Waals surface area (Å²) in [5.41, 5.74) is 6.40. The van der Waals surface area contributed by atoms with Gasteiger partial charge in [0.25, 0.3) is 0 Å². The largest absolute Gasteiger partial charge is 0.480 e. The van der Waals surface area contributed by atoms with Crippen LogP contribution in [0, 0.1) is 32.5 Å². The average Bonchev–Trinajstić information content (AvgIpc) is 3.53. The van der Waals surface area contributed by atoms with Crippen molar-refractivity contribution in [3.05, 3.63) is 111 Å². The minimum Gasteiger partial charge on any atom is -0.480 e. The summed E-state index contributed by atoms with van der Waals surface area (Å²) in [6, 6.07) is 14.8. The second kappa shape index (κ2) is 20.7. The summed E-state index contributed by atoms with van der Waals surface area (Å²) in [5.74, 6) is -2.42. The number of piperidine rings is 2. The molecule has 0 radical (unpaired) electrons. The van der Waals surface area contributed by atoms with Crippen LogP contribution in [0.15, 0.2) is 65.8 Å². The van der Waals surface area contributed by atoms with Gasteiger partial charge in [0, 0.05) is 94.8 Å². The third-order valence-corrected chi connectivity index (χ3v) is 18.4. The zero-order valence-corrected chi connectivity index (χ0v) is 46.2. The standard InChI is InChI=1S/C56H58ClFN14O7S/c1-30-31(2)80-55-49(30)51(33-8-10-37(57)11-9-33)62-41(53-64-63-32(3)70(53)55)24-47(75)67-16-12-35(13-17-67)54(78)68-19-18-66(4)44(28-68)56(79)72-20-14-34(15-21-72)52-50-38(39-23-43-36(22-40(39)58)25-61-71(43)72)6-5-7-42(50)69(65-52)29-46(74)59-26-45(73)60-27-48(76)77/h5-11,22-23,25,34-35,41,44H,12-21,24,26-29H2,1-4H3,(H2-,59,60,73,74,76,77)/p+1/t34?,41-,44?,72?/m0/s1. The highest BCUT2D eigenvalue weighted by Gasteiger charge is 2.52. The summed E-state index contributed by atoms with van der Waals surface area (Å²) in [6.07, 6.45) is 3.56. The predicted octanol–water partition coefficient (Wildman–Crippen LogP) is 4.95. The molecule has 3 aromatic carbocycles. The van der Waals surface area contributed by atoms with Gasteiger partial charge in [0.15, 0.2) is 5.82 Å². The normalized spacial score (nSPS) is 21.0. The van der Waals surface area contributed by atoms with Crippen LogP contribution in [0.2, 0.25) is 5.02 Å². The zero-order chi connectivity index (χ0) is 55.9. The maximum atomic E-state index is 16.5. The van der Waals surface area contributed by atoms with E-state index in [1.165, 1.54) is 6.07 Å². The van der Waals surface area contributed by atoms with Crippen LogP contribution in [0.1, 0.15) is 83.0 Å². The van der Waals surface area contributed by atoms with E-state index < -0.39 is 48.8 Å². The molecule has 0 saturated carbocycles. The van der Waals surface area contributed by atoms with Crippen molar-refractivity contribution < 1.29 is 38.3 Å². The fourth-order valence-electron chi connectivity index (χ4n) is 12.5. The highest BCUT2D eigenvalue weighted by Crippen LogP contribution is 2.44. The molecule has 7 aromatic rings. The number of carboxylic acids is 1. The van der Waals surface area contributed by atoms with E-state index in [0.717, 1.165) is 32.3 Å². The van der Waals surface area contributed by atoms with Gasteiger partial charge in [-0.05, 0) is 82.1 Å². The van der Waals surface area contributed by atoms with Crippen molar-refractivity contribution in [3.63, 3.8) is 0 Å². The van der Waals surface area contributed by atoms with Gasteiger partial charge >= 0.3 is 11.9 Å². The lowest BCUT2D eigenvalue weighted by molar-refractivity contribution is -0.152. The molecule has 2 atom stereocenters. The first-order valence-corrected chi connectivity index (χ1v) is 28.1. The molecule has 3 fully saturated rings. The molecule has 21 nitrogen and oxygen atoms in total. The Bertz CT molecular complexity index is 3740. The summed E-state index contributed by atoms with van der Waals surface area (Å²) < 4.78 is 19.9. The Labute approximate surface area is 467 Å². The van der Waals surface area contributed by atoms with E-state index in [4.69, 9.17) is 31.9 Å². The first-order chi connectivity index (χ1) is 38.5. The Morgan fingerprint density at radius 3 is 2.36 bits per heavy atom. The predicted molar refractivity (Wildman–Crippen MR) is 297 cm³/mol. The number of carbonyl (C=O) groups is 6. The number of aliphatic imine (C=N–C) groups is 1. The second-order valence-corrected chi connectivity index (χ2v) is 23.3. The topological polar surface area (TPSA) is 235 Å². The fraction of sp³-hybridized carbons (Fsp3) is 0.411. The van der Waals surface area contributed by atoms with Crippen LogP contribution in [0.5, 0.6) is 0 Å². The van der Waals surface area contributed by atoms with Crippen LogP contribution in [0.3, 0.4) is 0 Å². The SMILES string of the molecule is Cc1sc2c(c1C)C(c1ccc(Cl)cc1)=N[C@@H](CC(=O)N1CCC(C(=O)N3CCN(C)C(C(=O)[N+]45CCC(CC4)c4nn(CC(=O)NCC(=O)NCC(=O)O)c6cccc(c46)-c4cc6c(cnn65)cc4F)C3)CC1)c1nnc(C)n1-2. The molecule has 3 saturated heterocycles. The summed E-state index contributed by atoms with van der Waals surface area (Å²) >= 11 is 7.98. The maximum Gasteiger partial charge on any atom is 0.358 e. The molecule has 6 aliphatic heterocycles. The number of hydrogen-bond donors (Lipinski definition) is 3. The van der Waals surface area contributed by atoms with E-state index in [0.29, 0.717) is 115 Å². The van der Waals surface area contributed by atoms with E-state index >= 15 is 9.18 Å². The van der Waals surface area contributed by atoms with Gasteiger partial charge in [0.05, 0.1) is 36.1 Å². The maximum absolute atomic E-state index is 16.5. The minimum absolute atomic E-state index is 0.0438. The van der Waals surface area contributed by atoms with Gasteiger partial charge in [-0.1, -0.05) is 40.7 Å². The number of aliphatic carboxylic acids is 1. The van der Waals surface area contributed by atoms with Gasteiger partial charge in [-0.2, -0.15) is 5.10 Å². The number of quaternary nitrogens is 1. The molecule has 80 heavy (non-hydrogen) atoms. The van der Waals surface area contributed by atoms with Crippen molar-refractivity contribution in [1.82, 2.24) is 64.4 Å². The number of nitrogens with zero attached hydrogens (tertiary/aromatic N) is 12. The number of amides is 5. The first-order valence-electron chi connectivity index (χ1n) is 27.0. The number of thiophene rings is 1. The van der Waals surface area contributed by atoms with E-state index in [2.05, 4.69) is 34.7 Å². The number of likely N-dealkylation sites (tertiary alicyclic amines) is 1. The number of aromatic nitrogens is 7. The highest BCUT2D eigenvalue weighted by atomic mass is 35.5. The molecule has 3 N–H and O–H groups in total. The van der Waals surface area contributed by atoms with Gasteiger partial charge in [-0.25, -0.2) is 9.18 Å². The highest BCUT2D eigenvalue weighted by molar-refractivity contribution is 7.15. The number of carboxylic acid groups (broad SMARTS) is 1. The van der Waals surface area contributed by atoms with Crippen LogP contribution in [-0.2, 0) is 35.3 Å². The Balaban J connectivity index is 0.760. The number of aryl methyl sites for hydroxylation is 2. The van der Waals surface area contributed by atoms with Gasteiger partial charge in [0.2, 0.25) is 23.6 Å². The molecule has 24 heteroatoms. The lowest BCUT2D eigenvalue weighted by Gasteiger charge is -2.45. The van der Waals surface area contributed by atoms with Crippen LogP contribution in [0.25, 0.3) is 37.9 Å². The number of halogens is 2. The van der Waals surface area contributed by atoms with Gasteiger partial charge < -0.3 is 25.5 Å². The number of carbonyl (C=O) groups excluding carboxylic acids is 5. The van der Waals surface area contributed by atoms with Crippen LogP contribution in [-0.4, -0.2) is 167 Å². The van der Waals surface area contributed by atoms with Gasteiger partial charge in [0.1, 0.15) is 60.4 Å². The molecule has 414 valence electrons. The molecule has 5 amide bonds. The van der Waals surface area contributed by atoms with Crippen molar-refractivity contribution in [3.8, 4) is 16.1 Å². The number of benzene rings is 3. The molecular weight excluding hydrogens is 1070 g/mol. The van der Waals surface area contributed by atoms with Crippen molar-refractivity contribution in [2.24, 2.45) is 10.9 Å². The number of likely N-dealkylation sites (N-methyl/N-ethyl adjacent to an activating group) is 1. The van der Waals surface area contributed by atoms with E-state index in [9.17, 15) is 24.0 Å². The average molecular weight is 1130 g/mol. The number of nitrogens with one attached hydrogen (secondary N) is 2. The Morgan fingerprint density at radius 1 is 0.863 bits per heavy atom. The van der Waals surface area contributed by atoms with Crippen molar-refractivity contribution >= 4 is 86.0 Å².